The van der Waals surface area contributed by atoms with Gasteiger partial charge in [0.2, 0.25) is 0 Å². The first-order valence-electron chi connectivity index (χ1n) is 4.37. The molecule has 0 N–H and O–H groups in total. The molecule has 0 saturated carbocycles. The van der Waals surface area contributed by atoms with Crippen molar-refractivity contribution in [1.29, 1.82) is 0 Å². The standard InChI is InChI=1S/C8H16N3O2.W/c1-2-5-12-7-8-13-6-3-4-10-11-9;/h1-8H2;/q-1;. The predicted octanol–water partition coefficient (Wildman–Crippen LogP) is 1.94. The Bertz CT molecular complexity index is 152. The van der Waals surface area contributed by atoms with Gasteiger partial charge in [-0.05, 0) is 12.0 Å². The van der Waals surface area contributed by atoms with E-state index in [1.807, 2.05) is 0 Å². The fraction of sp³-hybridized carbons (Fsp3) is 0.875. The number of azide groups is 1. The molecule has 0 saturated heterocycles. The van der Waals surface area contributed by atoms with Gasteiger partial charge in [-0.15, -0.1) is 0 Å². The minimum atomic E-state index is 0. The Balaban J connectivity index is 0. The van der Waals surface area contributed by atoms with Crippen LogP contribution in [0.2, 0.25) is 0 Å². The van der Waals surface area contributed by atoms with Crippen LogP contribution in [0.3, 0.4) is 0 Å². The summed E-state index contributed by atoms with van der Waals surface area (Å²) in [7, 11) is 0. The quantitative estimate of drug-likeness (QED) is 0.205. The van der Waals surface area contributed by atoms with Gasteiger partial charge in [-0.2, -0.15) is 6.42 Å². The van der Waals surface area contributed by atoms with E-state index in [0.717, 1.165) is 12.8 Å². The van der Waals surface area contributed by atoms with Crippen molar-refractivity contribution in [2.45, 2.75) is 12.8 Å². The Kier molecular flexibility index (Phi) is 18.0. The molecule has 82 valence electrons. The molecule has 0 fully saturated rings. The van der Waals surface area contributed by atoms with Crippen LogP contribution >= 0.6 is 0 Å². The molecule has 0 atom stereocenters. The Morgan fingerprint density at radius 3 is 2.36 bits per heavy atom. The van der Waals surface area contributed by atoms with E-state index in [4.69, 9.17) is 15.0 Å². The molecule has 5 nitrogen and oxygen atoms in total. The summed E-state index contributed by atoms with van der Waals surface area (Å²) in [5, 5.41) is 3.38. The van der Waals surface area contributed by atoms with Gasteiger partial charge in [-0.3, -0.25) is 0 Å². The number of nitrogens with zero attached hydrogens (tertiary/aromatic N) is 3. The summed E-state index contributed by atoms with van der Waals surface area (Å²) in [6.45, 7) is 6.64. The van der Waals surface area contributed by atoms with Gasteiger partial charge in [0.15, 0.2) is 0 Å². The molecule has 0 aliphatic carbocycles. The maximum absolute atomic E-state index is 7.96. The smallest absolute Gasteiger partial charge is 0.0700 e. The molecule has 0 amide bonds. The van der Waals surface area contributed by atoms with Gasteiger partial charge in [0, 0.05) is 45.7 Å². The second-order valence-corrected chi connectivity index (χ2v) is 2.39. The summed E-state index contributed by atoms with van der Waals surface area (Å²) in [4.78, 5) is 2.63. The molecular weight excluding hydrogens is 354 g/mol. The third kappa shape index (κ3) is 14.4. The van der Waals surface area contributed by atoms with Crippen LogP contribution in [0.1, 0.15) is 12.8 Å². The zero-order valence-corrected chi connectivity index (χ0v) is 11.2. The van der Waals surface area contributed by atoms with Gasteiger partial charge < -0.3 is 16.4 Å². The number of hydrogen-bond acceptors (Lipinski definition) is 3. The second-order valence-electron chi connectivity index (χ2n) is 2.39. The van der Waals surface area contributed by atoms with Crippen molar-refractivity contribution >= 4 is 0 Å². The van der Waals surface area contributed by atoms with Crippen molar-refractivity contribution in [2.75, 3.05) is 33.0 Å². The van der Waals surface area contributed by atoms with Gasteiger partial charge in [-0.1, -0.05) is 5.11 Å². The molecule has 14 heavy (non-hydrogen) atoms. The van der Waals surface area contributed by atoms with Gasteiger partial charge in [-0.25, -0.2) is 0 Å². The molecule has 0 aromatic rings. The SMILES string of the molecule is [CH2-]CCOCCOCCCN=[N+]=[N-].[W]. The van der Waals surface area contributed by atoms with Crippen LogP contribution in [0, 0.1) is 6.92 Å². The van der Waals surface area contributed by atoms with Crippen LogP contribution in [-0.2, 0) is 30.5 Å². The molecule has 0 radical (unpaired) electrons. The molecule has 0 heterocycles. The summed E-state index contributed by atoms with van der Waals surface area (Å²) in [6.07, 6.45) is 1.55. The predicted molar refractivity (Wildman–Crippen MR) is 50.2 cm³/mol. The topological polar surface area (TPSA) is 67.2 Å². The Labute approximate surface area is 99.0 Å². The van der Waals surface area contributed by atoms with E-state index in [9.17, 15) is 0 Å². The Morgan fingerprint density at radius 1 is 1.14 bits per heavy atom. The number of hydrogen-bond donors (Lipinski definition) is 0. The molecule has 0 rings (SSSR count). The van der Waals surface area contributed by atoms with E-state index in [0.29, 0.717) is 33.0 Å². The maximum Gasteiger partial charge on any atom is 0.0700 e. The van der Waals surface area contributed by atoms with E-state index in [1.165, 1.54) is 0 Å². The first-order chi connectivity index (χ1) is 6.41. The van der Waals surface area contributed by atoms with Crippen molar-refractivity contribution in [3.8, 4) is 0 Å². The van der Waals surface area contributed by atoms with Crippen molar-refractivity contribution < 1.29 is 30.5 Å². The first-order valence-corrected chi connectivity index (χ1v) is 4.37. The summed E-state index contributed by atoms with van der Waals surface area (Å²) < 4.78 is 10.3. The monoisotopic (exact) mass is 370 g/mol. The normalized spacial score (nSPS) is 8.93. The zero-order valence-electron chi connectivity index (χ0n) is 8.22. The molecule has 0 spiro atoms. The summed E-state index contributed by atoms with van der Waals surface area (Å²) >= 11 is 0. The second kappa shape index (κ2) is 15.4. The van der Waals surface area contributed by atoms with Gasteiger partial charge in [0.25, 0.3) is 0 Å². The van der Waals surface area contributed by atoms with Crippen LogP contribution in [0.5, 0.6) is 0 Å². The third-order valence-electron chi connectivity index (χ3n) is 1.27. The van der Waals surface area contributed by atoms with Crippen LogP contribution in [0.4, 0.5) is 0 Å². The van der Waals surface area contributed by atoms with Crippen LogP contribution in [-0.4, -0.2) is 33.0 Å². The van der Waals surface area contributed by atoms with Crippen molar-refractivity contribution in [2.24, 2.45) is 5.11 Å². The van der Waals surface area contributed by atoms with E-state index in [-0.39, 0.29) is 21.1 Å². The fourth-order valence-electron chi connectivity index (χ4n) is 0.706. The van der Waals surface area contributed by atoms with Crippen LogP contribution in [0.15, 0.2) is 5.11 Å². The molecular formula is C8H16N3O2W-. The Morgan fingerprint density at radius 2 is 1.79 bits per heavy atom. The minimum absolute atomic E-state index is 0. The average Bonchev–Trinajstić information content (AvgIpc) is 2.16. The fourth-order valence-corrected chi connectivity index (χ4v) is 0.706. The van der Waals surface area contributed by atoms with Gasteiger partial charge in [0.05, 0.1) is 13.2 Å². The summed E-state index contributed by atoms with van der Waals surface area (Å²) in [5.41, 5.74) is 7.96. The Hall–Kier alpha value is -0.0817. The molecule has 0 bridgehead atoms. The molecule has 6 heteroatoms. The first kappa shape index (κ1) is 16.4. The number of ether oxygens (including phenoxy) is 2. The van der Waals surface area contributed by atoms with Gasteiger partial charge >= 0.3 is 0 Å². The molecule has 0 unspecified atom stereocenters. The summed E-state index contributed by atoms with van der Waals surface area (Å²) in [5.74, 6) is 0. The van der Waals surface area contributed by atoms with Crippen molar-refractivity contribution in [3.05, 3.63) is 17.4 Å². The van der Waals surface area contributed by atoms with Crippen LogP contribution in [0.25, 0.3) is 10.4 Å². The zero-order chi connectivity index (χ0) is 9.78. The molecule has 0 aromatic heterocycles. The molecule has 0 aromatic carbocycles. The van der Waals surface area contributed by atoms with E-state index >= 15 is 0 Å². The van der Waals surface area contributed by atoms with Gasteiger partial charge in [0.1, 0.15) is 0 Å². The molecule has 0 aliphatic heterocycles. The third-order valence-corrected chi connectivity index (χ3v) is 1.27. The average molecular weight is 370 g/mol. The van der Waals surface area contributed by atoms with E-state index < -0.39 is 0 Å². The van der Waals surface area contributed by atoms with Crippen molar-refractivity contribution in [1.82, 2.24) is 0 Å². The van der Waals surface area contributed by atoms with Crippen LogP contribution < -0.4 is 0 Å². The maximum atomic E-state index is 7.96. The van der Waals surface area contributed by atoms with Crippen molar-refractivity contribution in [3.63, 3.8) is 0 Å². The van der Waals surface area contributed by atoms with E-state index in [2.05, 4.69) is 16.9 Å². The number of rotatable bonds is 9. The minimum Gasteiger partial charge on any atom is -0.382 e. The van der Waals surface area contributed by atoms with E-state index in [1.54, 1.807) is 0 Å². The summed E-state index contributed by atoms with van der Waals surface area (Å²) in [6, 6.07) is 0. The molecule has 0 aliphatic rings. The largest absolute Gasteiger partial charge is 0.382 e.